The fourth-order valence-electron chi connectivity index (χ4n) is 3.03. The van der Waals surface area contributed by atoms with Gasteiger partial charge in [0.1, 0.15) is 5.82 Å². The van der Waals surface area contributed by atoms with Gasteiger partial charge in [-0.2, -0.15) is 13.2 Å². The minimum Gasteiger partial charge on any atom is -0.373 e. The summed E-state index contributed by atoms with van der Waals surface area (Å²) in [7, 11) is 1.50. The molecule has 1 aliphatic heterocycles. The third-order valence-electron chi connectivity index (χ3n) is 4.94. The Bertz CT molecular complexity index is 726. The van der Waals surface area contributed by atoms with Crippen LogP contribution in [0.3, 0.4) is 0 Å². The minimum absolute atomic E-state index is 0.0380. The zero-order chi connectivity index (χ0) is 20.6. The first kappa shape index (κ1) is 21.1. The molecular weight excluding hydrogens is 368 g/mol. The van der Waals surface area contributed by atoms with Crippen LogP contribution in [0.5, 0.6) is 0 Å². The van der Waals surface area contributed by atoms with Gasteiger partial charge in [-0.1, -0.05) is 6.07 Å². The maximum absolute atomic E-state index is 14.0. The molecule has 1 saturated heterocycles. The number of nitrogens with zero attached hydrogens (tertiary/aromatic N) is 2. The molecule has 5 nitrogen and oxygen atoms in total. The molecule has 1 heterocycles. The number of likely N-dealkylation sites (tertiary alicyclic amines) is 1. The Balaban J connectivity index is 2.02. The average molecular weight is 390 g/mol. The summed E-state index contributed by atoms with van der Waals surface area (Å²) in [5.74, 6) is -2.58. The van der Waals surface area contributed by atoms with Crippen LogP contribution in [0.25, 0.3) is 0 Å². The first-order valence-corrected chi connectivity index (χ1v) is 8.48. The van der Waals surface area contributed by atoms with Crippen LogP contribution in [0.15, 0.2) is 18.2 Å². The van der Waals surface area contributed by atoms with Crippen molar-refractivity contribution in [1.29, 1.82) is 0 Å². The van der Waals surface area contributed by atoms with E-state index in [2.05, 4.69) is 0 Å². The fraction of sp³-hybridized carbons (Fsp3) is 0.556. The molecule has 1 aromatic carbocycles. The first-order valence-electron chi connectivity index (χ1n) is 8.48. The first-order chi connectivity index (χ1) is 12.4. The molecule has 0 spiro atoms. The van der Waals surface area contributed by atoms with Crippen molar-refractivity contribution in [3.8, 4) is 0 Å². The Morgan fingerprint density at radius 1 is 1.22 bits per heavy atom. The molecular formula is C18H22F4N2O3. The van der Waals surface area contributed by atoms with Crippen molar-refractivity contribution in [3.63, 3.8) is 0 Å². The molecule has 0 aromatic heterocycles. The molecule has 1 atom stereocenters. The van der Waals surface area contributed by atoms with E-state index in [1.165, 1.54) is 24.1 Å². The highest BCUT2D eigenvalue weighted by molar-refractivity contribution is 5.94. The van der Waals surface area contributed by atoms with Crippen LogP contribution >= 0.6 is 0 Å². The topological polar surface area (TPSA) is 60.9 Å². The number of aryl methyl sites for hydroxylation is 1. The van der Waals surface area contributed by atoms with Crippen molar-refractivity contribution < 1.29 is 32.3 Å². The van der Waals surface area contributed by atoms with Crippen LogP contribution in [-0.2, 0) is 4.79 Å². The summed E-state index contributed by atoms with van der Waals surface area (Å²) < 4.78 is 52.5. The highest BCUT2D eigenvalue weighted by Crippen LogP contribution is 2.32. The normalized spacial score (nSPS) is 18.1. The van der Waals surface area contributed by atoms with Gasteiger partial charge in [0.25, 0.3) is 11.8 Å². The van der Waals surface area contributed by atoms with E-state index in [1.807, 2.05) is 0 Å². The molecule has 0 radical (unpaired) electrons. The standard InChI is InChI=1S/C18H22F4N2O3/c1-11-4-5-13(14(19)10-11)15(25)23(3)12-6-8-24(9-7-12)16(26)17(2,27)18(20,21)22/h4-5,10,12,27H,6-9H2,1-3H3. The number of hydrogen-bond donors (Lipinski definition) is 1. The highest BCUT2D eigenvalue weighted by Gasteiger charge is 2.57. The molecule has 2 rings (SSSR count). The number of aliphatic hydroxyl groups is 1. The number of carbonyl (C=O) groups is 2. The molecule has 1 fully saturated rings. The van der Waals surface area contributed by atoms with Crippen LogP contribution in [0.4, 0.5) is 17.6 Å². The Morgan fingerprint density at radius 2 is 1.78 bits per heavy atom. The fourth-order valence-corrected chi connectivity index (χ4v) is 3.03. The number of hydrogen-bond acceptors (Lipinski definition) is 3. The number of piperidine rings is 1. The van der Waals surface area contributed by atoms with E-state index in [9.17, 15) is 32.3 Å². The maximum atomic E-state index is 14.0. The summed E-state index contributed by atoms with van der Waals surface area (Å²) in [6.45, 7) is 2.05. The lowest BCUT2D eigenvalue weighted by Gasteiger charge is -2.39. The van der Waals surface area contributed by atoms with E-state index in [4.69, 9.17) is 0 Å². The summed E-state index contributed by atoms with van der Waals surface area (Å²) in [5, 5.41) is 9.51. The van der Waals surface area contributed by atoms with Crippen LogP contribution in [0.2, 0.25) is 0 Å². The average Bonchev–Trinajstić information content (AvgIpc) is 2.59. The summed E-state index contributed by atoms with van der Waals surface area (Å²) >= 11 is 0. The van der Waals surface area contributed by atoms with Crippen LogP contribution in [0.1, 0.15) is 35.7 Å². The third kappa shape index (κ3) is 4.23. The number of rotatable bonds is 3. The van der Waals surface area contributed by atoms with E-state index in [1.54, 1.807) is 13.0 Å². The van der Waals surface area contributed by atoms with Crippen LogP contribution in [0, 0.1) is 12.7 Å². The monoisotopic (exact) mass is 390 g/mol. The highest BCUT2D eigenvalue weighted by atomic mass is 19.4. The number of alkyl halides is 3. The summed E-state index contributed by atoms with van der Waals surface area (Å²) in [6, 6.07) is 3.91. The molecule has 27 heavy (non-hydrogen) atoms. The van der Waals surface area contributed by atoms with Crippen molar-refractivity contribution in [1.82, 2.24) is 9.80 Å². The van der Waals surface area contributed by atoms with E-state index in [0.29, 0.717) is 12.5 Å². The lowest BCUT2D eigenvalue weighted by Crippen LogP contribution is -2.58. The van der Waals surface area contributed by atoms with Gasteiger partial charge in [-0.05, 0) is 44.4 Å². The number of benzene rings is 1. The third-order valence-corrected chi connectivity index (χ3v) is 4.94. The molecule has 1 aliphatic rings. The molecule has 0 aliphatic carbocycles. The zero-order valence-corrected chi connectivity index (χ0v) is 15.3. The molecule has 1 unspecified atom stereocenters. The van der Waals surface area contributed by atoms with E-state index >= 15 is 0 Å². The minimum atomic E-state index is -5.07. The van der Waals surface area contributed by atoms with Gasteiger partial charge in [-0.3, -0.25) is 9.59 Å². The molecule has 1 N–H and O–H groups in total. The zero-order valence-electron chi connectivity index (χ0n) is 15.3. The van der Waals surface area contributed by atoms with Crippen molar-refractivity contribution in [2.24, 2.45) is 0 Å². The predicted octanol–water partition coefficient (Wildman–Crippen LogP) is 2.51. The summed E-state index contributed by atoms with van der Waals surface area (Å²) in [5.41, 5.74) is -2.86. The second-order valence-corrected chi connectivity index (χ2v) is 6.99. The number of carbonyl (C=O) groups excluding carboxylic acids is 2. The Hall–Kier alpha value is -2.16. The SMILES string of the molecule is Cc1ccc(C(=O)N(C)C2CCN(C(=O)C(C)(O)C(F)(F)F)CC2)c(F)c1. The van der Waals surface area contributed by atoms with Gasteiger partial charge in [0.05, 0.1) is 5.56 Å². The number of amides is 2. The van der Waals surface area contributed by atoms with E-state index in [0.717, 1.165) is 4.90 Å². The lowest BCUT2D eigenvalue weighted by molar-refractivity contribution is -0.250. The second-order valence-electron chi connectivity index (χ2n) is 6.99. The van der Waals surface area contributed by atoms with Crippen molar-refractivity contribution >= 4 is 11.8 Å². The summed E-state index contributed by atoms with van der Waals surface area (Å²) in [6.07, 6.45) is -4.61. The Labute approximate surface area is 154 Å². The molecule has 9 heteroatoms. The van der Waals surface area contributed by atoms with Crippen molar-refractivity contribution in [2.75, 3.05) is 20.1 Å². The van der Waals surface area contributed by atoms with E-state index in [-0.39, 0.29) is 37.5 Å². The van der Waals surface area contributed by atoms with Gasteiger partial charge in [-0.25, -0.2) is 4.39 Å². The van der Waals surface area contributed by atoms with Crippen LogP contribution in [-0.4, -0.2) is 64.7 Å². The second kappa shape index (κ2) is 7.46. The van der Waals surface area contributed by atoms with Crippen LogP contribution < -0.4 is 0 Å². The molecule has 0 saturated carbocycles. The number of halogens is 4. The molecule has 0 bridgehead atoms. The lowest BCUT2D eigenvalue weighted by atomic mass is 9.98. The van der Waals surface area contributed by atoms with Gasteiger partial charge in [-0.15, -0.1) is 0 Å². The Morgan fingerprint density at radius 3 is 2.26 bits per heavy atom. The van der Waals surface area contributed by atoms with Crippen molar-refractivity contribution in [3.05, 3.63) is 35.1 Å². The van der Waals surface area contributed by atoms with Gasteiger partial charge in [0.2, 0.25) is 5.60 Å². The van der Waals surface area contributed by atoms with Gasteiger partial charge in [0.15, 0.2) is 0 Å². The van der Waals surface area contributed by atoms with Gasteiger partial charge in [0, 0.05) is 26.2 Å². The van der Waals surface area contributed by atoms with Gasteiger partial charge >= 0.3 is 6.18 Å². The van der Waals surface area contributed by atoms with E-state index < -0.39 is 29.4 Å². The maximum Gasteiger partial charge on any atom is 0.426 e. The van der Waals surface area contributed by atoms with Crippen molar-refractivity contribution in [2.45, 2.75) is 44.5 Å². The predicted molar refractivity (Wildman–Crippen MR) is 89.5 cm³/mol. The summed E-state index contributed by atoms with van der Waals surface area (Å²) in [4.78, 5) is 26.8. The Kier molecular flexibility index (Phi) is 5.84. The smallest absolute Gasteiger partial charge is 0.373 e. The molecule has 1 aromatic rings. The quantitative estimate of drug-likeness (QED) is 0.807. The molecule has 2 amide bonds. The van der Waals surface area contributed by atoms with Gasteiger partial charge < -0.3 is 14.9 Å². The molecule has 150 valence electrons. The largest absolute Gasteiger partial charge is 0.426 e.